The van der Waals surface area contributed by atoms with Gasteiger partial charge in [-0.05, 0) is 29.8 Å². The lowest BCUT2D eigenvalue weighted by Crippen LogP contribution is -2.07. The van der Waals surface area contributed by atoms with E-state index in [1.54, 1.807) is 0 Å². The quantitative estimate of drug-likeness (QED) is 0.882. The van der Waals surface area contributed by atoms with Gasteiger partial charge in [-0.25, -0.2) is 13.6 Å². The van der Waals surface area contributed by atoms with Gasteiger partial charge < -0.3 is 10.4 Å². The third-order valence-corrected chi connectivity index (χ3v) is 3.18. The molecular weight excluding hydrogens is 332 g/mol. The maximum Gasteiger partial charge on any atom is 0.338 e. The highest BCUT2D eigenvalue weighted by molar-refractivity contribution is 9.10. The fraction of sp³-hybridized carbons (Fsp3) is 0.0714. The van der Waals surface area contributed by atoms with Crippen LogP contribution in [0.1, 0.15) is 15.9 Å². The van der Waals surface area contributed by atoms with Crippen molar-refractivity contribution in [1.29, 1.82) is 0 Å². The highest BCUT2D eigenvalue weighted by Crippen LogP contribution is 2.21. The zero-order valence-corrected chi connectivity index (χ0v) is 11.7. The minimum Gasteiger partial charge on any atom is -0.478 e. The van der Waals surface area contributed by atoms with E-state index in [0.717, 1.165) is 16.1 Å². The molecule has 0 amide bonds. The number of aromatic carboxylic acids is 1. The van der Waals surface area contributed by atoms with E-state index >= 15 is 0 Å². The average Bonchev–Trinajstić information content (AvgIpc) is 2.40. The van der Waals surface area contributed by atoms with Gasteiger partial charge in [-0.1, -0.05) is 28.1 Å². The maximum atomic E-state index is 13.7. The van der Waals surface area contributed by atoms with Gasteiger partial charge >= 0.3 is 5.97 Å². The normalized spacial score (nSPS) is 10.3. The molecule has 6 heteroatoms. The van der Waals surface area contributed by atoms with E-state index < -0.39 is 23.2 Å². The fourth-order valence-electron chi connectivity index (χ4n) is 1.70. The van der Waals surface area contributed by atoms with Gasteiger partial charge in [-0.3, -0.25) is 0 Å². The van der Waals surface area contributed by atoms with Crippen LogP contribution in [-0.2, 0) is 6.54 Å². The molecule has 0 unspecified atom stereocenters. The van der Waals surface area contributed by atoms with Gasteiger partial charge in [-0.15, -0.1) is 0 Å². The summed E-state index contributed by atoms with van der Waals surface area (Å²) in [7, 11) is 0. The largest absolute Gasteiger partial charge is 0.478 e. The molecule has 2 N–H and O–H groups in total. The number of halogens is 3. The van der Waals surface area contributed by atoms with Gasteiger partial charge in [0.05, 0.1) is 11.3 Å². The van der Waals surface area contributed by atoms with Crippen LogP contribution in [0.3, 0.4) is 0 Å². The minimum atomic E-state index is -1.50. The molecule has 0 saturated heterocycles. The van der Waals surface area contributed by atoms with Crippen molar-refractivity contribution in [2.45, 2.75) is 6.54 Å². The van der Waals surface area contributed by atoms with Crippen LogP contribution in [0.15, 0.2) is 40.9 Å². The number of rotatable bonds is 4. The van der Waals surface area contributed by atoms with Crippen molar-refractivity contribution in [1.82, 2.24) is 0 Å². The number of hydrogen-bond donors (Lipinski definition) is 2. The highest BCUT2D eigenvalue weighted by Gasteiger charge is 2.17. The van der Waals surface area contributed by atoms with Crippen LogP contribution in [0.2, 0.25) is 0 Å². The standard InChI is InChI=1S/C14H10BrF2NO2/c15-9-3-1-2-8(6-9)7-18-11-5-4-10(14(19)20)12(16)13(11)17/h1-6,18H,7H2,(H,19,20). The van der Waals surface area contributed by atoms with Gasteiger partial charge in [0.25, 0.3) is 0 Å². The Morgan fingerprint density at radius 2 is 1.95 bits per heavy atom. The second-order valence-corrected chi connectivity index (χ2v) is 4.99. The van der Waals surface area contributed by atoms with E-state index in [1.165, 1.54) is 6.07 Å². The first-order chi connectivity index (χ1) is 9.49. The molecular formula is C14H10BrF2NO2. The third-order valence-electron chi connectivity index (χ3n) is 2.68. The number of benzene rings is 2. The summed E-state index contributed by atoms with van der Waals surface area (Å²) in [5.74, 6) is -4.06. The van der Waals surface area contributed by atoms with Gasteiger partial charge in [0.1, 0.15) is 0 Å². The van der Waals surface area contributed by atoms with Gasteiger partial charge in [0, 0.05) is 11.0 Å². The Balaban J connectivity index is 2.18. The van der Waals surface area contributed by atoms with E-state index in [1.807, 2.05) is 24.3 Å². The van der Waals surface area contributed by atoms with E-state index in [4.69, 9.17) is 5.11 Å². The molecule has 2 aromatic carbocycles. The summed E-state index contributed by atoms with van der Waals surface area (Å²) in [6.45, 7) is 0.294. The molecule has 0 radical (unpaired) electrons. The lowest BCUT2D eigenvalue weighted by Gasteiger charge is -2.09. The summed E-state index contributed by atoms with van der Waals surface area (Å²) in [6, 6.07) is 9.59. The smallest absolute Gasteiger partial charge is 0.338 e. The summed E-state index contributed by atoms with van der Waals surface area (Å²) in [4.78, 5) is 10.7. The van der Waals surface area contributed by atoms with Crippen molar-refractivity contribution in [3.8, 4) is 0 Å². The summed E-state index contributed by atoms with van der Waals surface area (Å²) in [6.07, 6.45) is 0. The fourth-order valence-corrected chi connectivity index (χ4v) is 2.14. The Morgan fingerprint density at radius 1 is 1.20 bits per heavy atom. The molecule has 0 atom stereocenters. The Kier molecular flexibility index (Phi) is 4.34. The molecule has 0 fully saturated rings. The Bertz CT molecular complexity index is 662. The van der Waals surface area contributed by atoms with Crippen LogP contribution >= 0.6 is 15.9 Å². The molecule has 3 nitrogen and oxygen atoms in total. The predicted octanol–water partition coefficient (Wildman–Crippen LogP) is 4.04. The second-order valence-electron chi connectivity index (χ2n) is 4.08. The van der Waals surface area contributed by atoms with Crippen molar-refractivity contribution in [3.05, 3.63) is 63.6 Å². The highest BCUT2D eigenvalue weighted by atomic mass is 79.9. The van der Waals surface area contributed by atoms with Crippen LogP contribution in [0.25, 0.3) is 0 Å². The minimum absolute atomic E-state index is 0.0764. The van der Waals surface area contributed by atoms with E-state index in [2.05, 4.69) is 21.2 Å². The number of carbonyl (C=O) groups is 1. The molecule has 0 bridgehead atoms. The first-order valence-corrected chi connectivity index (χ1v) is 6.48. The van der Waals surface area contributed by atoms with Gasteiger partial charge in [-0.2, -0.15) is 0 Å². The van der Waals surface area contributed by atoms with E-state index in [0.29, 0.717) is 6.54 Å². The molecule has 0 heterocycles. The Hall–Kier alpha value is -1.95. The zero-order chi connectivity index (χ0) is 14.7. The molecule has 20 heavy (non-hydrogen) atoms. The molecule has 0 aromatic heterocycles. The number of hydrogen-bond acceptors (Lipinski definition) is 2. The van der Waals surface area contributed by atoms with Gasteiger partial charge in [0.15, 0.2) is 11.6 Å². The van der Waals surface area contributed by atoms with E-state index in [-0.39, 0.29) is 5.69 Å². The Labute approximate surface area is 122 Å². The molecule has 0 spiro atoms. The van der Waals surface area contributed by atoms with Crippen LogP contribution < -0.4 is 5.32 Å². The van der Waals surface area contributed by atoms with Crippen LogP contribution in [0.4, 0.5) is 14.5 Å². The molecule has 2 aromatic rings. The SMILES string of the molecule is O=C(O)c1ccc(NCc2cccc(Br)c2)c(F)c1F. The van der Waals surface area contributed by atoms with Crippen LogP contribution in [0, 0.1) is 11.6 Å². The van der Waals surface area contributed by atoms with Crippen molar-refractivity contribution in [2.75, 3.05) is 5.32 Å². The summed E-state index contributed by atoms with van der Waals surface area (Å²) < 4.78 is 28.1. The van der Waals surface area contributed by atoms with Crippen molar-refractivity contribution < 1.29 is 18.7 Å². The molecule has 0 aliphatic heterocycles. The summed E-state index contributed by atoms with van der Waals surface area (Å²) >= 11 is 3.31. The number of nitrogens with one attached hydrogen (secondary N) is 1. The maximum absolute atomic E-state index is 13.7. The molecule has 2 rings (SSSR count). The summed E-state index contributed by atoms with van der Waals surface area (Å²) in [5, 5.41) is 11.4. The van der Waals surface area contributed by atoms with Crippen molar-refractivity contribution >= 4 is 27.6 Å². The summed E-state index contributed by atoms with van der Waals surface area (Å²) in [5.41, 5.74) is 0.115. The Morgan fingerprint density at radius 3 is 2.60 bits per heavy atom. The molecule has 104 valence electrons. The average molecular weight is 342 g/mol. The number of carboxylic acids is 1. The first-order valence-electron chi connectivity index (χ1n) is 5.68. The first kappa shape index (κ1) is 14.5. The third kappa shape index (κ3) is 3.14. The van der Waals surface area contributed by atoms with Crippen LogP contribution in [-0.4, -0.2) is 11.1 Å². The number of anilines is 1. The van der Waals surface area contributed by atoms with Crippen molar-refractivity contribution in [3.63, 3.8) is 0 Å². The molecule has 0 saturated carbocycles. The topological polar surface area (TPSA) is 49.3 Å². The van der Waals surface area contributed by atoms with Crippen LogP contribution in [0.5, 0.6) is 0 Å². The monoisotopic (exact) mass is 341 g/mol. The lowest BCUT2D eigenvalue weighted by molar-refractivity contribution is 0.0690. The molecule has 0 aliphatic carbocycles. The molecule has 0 aliphatic rings. The van der Waals surface area contributed by atoms with Gasteiger partial charge in [0.2, 0.25) is 0 Å². The van der Waals surface area contributed by atoms with E-state index in [9.17, 15) is 13.6 Å². The predicted molar refractivity (Wildman–Crippen MR) is 74.8 cm³/mol. The lowest BCUT2D eigenvalue weighted by atomic mass is 10.1. The number of carboxylic acid groups (broad SMARTS) is 1. The zero-order valence-electron chi connectivity index (χ0n) is 10.2. The van der Waals surface area contributed by atoms with Crippen molar-refractivity contribution in [2.24, 2.45) is 0 Å². The second kappa shape index (κ2) is 6.00.